The van der Waals surface area contributed by atoms with Crippen molar-refractivity contribution in [2.24, 2.45) is 0 Å². The van der Waals surface area contributed by atoms with Crippen LogP contribution in [0.4, 0.5) is 24.5 Å². The van der Waals surface area contributed by atoms with Gasteiger partial charge in [-0.2, -0.15) is 13.2 Å². The Morgan fingerprint density at radius 3 is 1.43 bits per heavy atom. The molecule has 4 N–H and O–H groups in total. The Balaban J connectivity index is 0.000000232. The molecule has 0 radical (unpaired) electrons. The zero-order chi connectivity index (χ0) is 44.2. The summed E-state index contributed by atoms with van der Waals surface area (Å²) in [5.41, 5.74) is 4.63. The lowest BCUT2D eigenvalue weighted by atomic mass is 10.0. The van der Waals surface area contributed by atoms with Gasteiger partial charge in [-0.15, -0.1) is 0 Å². The molecule has 6 rings (SSSR count). The number of carbonyl (C=O) groups is 2. The molecule has 15 heteroatoms. The molecule has 0 bridgehead atoms. The van der Waals surface area contributed by atoms with Gasteiger partial charge in [-0.3, -0.25) is 9.44 Å². The van der Waals surface area contributed by atoms with Crippen molar-refractivity contribution in [3.63, 3.8) is 0 Å². The summed E-state index contributed by atoms with van der Waals surface area (Å²) in [6.45, 7) is 1.91. The third-order valence-corrected chi connectivity index (χ3v) is 12.2. The van der Waals surface area contributed by atoms with E-state index >= 15 is 0 Å². The van der Waals surface area contributed by atoms with Gasteiger partial charge in [0.2, 0.25) is 0 Å². The molecule has 0 aliphatic heterocycles. The van der Waals surface area contributed by atoms with E-state index in [2.05, 4.69) is 9.44 Å². The van der Waals surface area contributed by atoms with Gasteiger partial charge >= 0.3 is 18.1 Å². The Labute approximate surface area is 352 Å². The Bertz CT molecular complexity index is 2710. The van der Waals surface area contributed by atoms with E-state index in [0.29, 0.717) is 49.4 Å². The number of carboxylic acid groups (broad SMARTS) is 2. The number of nitrogens with one attached hydrogen (secondary N) is 2. The van der Waals surface area contributed by atoms with Crippen LogP contribution < -0.4 is 9.44 Å². The highest BCUT2D eigenvalue weighted by Crippen LogP contribution is 2.31. The Hall–Kier alpha value is -6.45. The van der Waals surface area contributed by atoms with Crippen LogP contribution in [0.5, 0.6) is 0 Å². The number of benzene rings is 6. The molecule has 0 saturated carbocycles. The summed E-state index contributed by atoms with van der Waals surface area (Å²) in [6.07, 6.45) is -0.822. The molecule has 0 spiro atoms. The first-order valence-corrected chi connectivity index (χ1v) is 22.0. The van der Waals surface area contributed by atoms with Crippen LogP contribution in [0.25, 0.3) is 0 Å². The van der Waals surface area contributed by atoms with E-state index in [0.717, 1.165) is 46.9 Å². The number of aryl methyl sites for hydroxylation is 5. The van der Waals surface area contributed by atoms with Crippen LogP contribution in [0.1, 0.15) is 66.9 Å². The lowest BCUT2D eigenvalue weighted by Gasteiger charge is -2.14. The number of halogens is 3. The molecule has 61 heavy (non-hydrogen) atoms. The first-order chi connectivity index (χ1) is 28.9. The minimum atomic E-state index is -4.65. The molecule has 0 aliphatic rings. The van der Waals surface area contributed by atoms with E-state index < -0.39 is 48.6 Å². The smallest absolute Gasteiger partial charge is 0.416 e. The summed E-state index contributed by atoms with van der Waals surface area (Å²) >= 11 is 0. The standard InChI is InChI=1S/C23H20F3NO4S.C23H23NO4S/c24-23(25,26)19-11-5-12-20(15-19)32(30,31)27-21-13-2-1-8-17(21)9-3-6-16-7-4-10-18(14-16)22(28)29;1-17-12-14-21(15-13-17)29(27,28)24-22-11-3-2-8-19(22)9-4-6-18-7-5-10-20(16-18)23(25)26/h1-2,4-5,7-8,10-15,27H,3,6,9H2,(H,28,29);2-3,5,7-8,10-16,24H,4,6,9H2,1H3,(H,25,26). The van der Waals surface area contributed by atoms with Crippen LogP contribution in [0, 0.1) is 6.92 Å². The molecule has 10 nitrogen and oxygen atoms in total. The lowest BCUT2D eigenvalue weighted by molar-refractivity contribution is -0.137. The SMILES string of the molecule is Cc1ccc(S(=O)(=O)Nc2ccccc2CCCc2cccc(C(=O)O)c2)cc1.O=C(O)c1cccc(CCCc2ccccc2NS(=O)(=O)c2cccc(C(F)(F)F)c2)c1. The molecule has 0 aromatic heterocycles. The number of alkyl halides is 3. The summed E-state index contributed by atoms with van der Waals surface area (Å²) in [5.74, 6) is -1.95. The number of sulfonamides is 2. The van der Waals surface area contributed by atoms with Crippen molar-refractivity contribution in [1.82, 2.24) is 0 Å². The van der Waals surface area contributed by atoms with Crippen LogP contribution in [-0.4, -0.2) is 39.0 Å². The van der Waals surface area contributed by atoms with Crippen molar-refractivity contribution in [3.05, 3.63) is 190 Å². The zero-order valence-corrected chi connectivity index (χ0v) is 34.5. The molecule has 0 amide bonds. The molecule has 6 aromatic carbocycles. The maximum atomic E-state index is 12.9. The predicted octanol–water partition coefficient (Wildman–Crippen LogP) is 10.0. The number of rotatable bonds is 16. The van der Waals surface area contributed by atoms with Gasteiger partial charge in [0.1, 0.15) is 0 Å². The minimum absolute atomic E-state index is 0.191. The molecule has 0 unspecified atom stereocenters. The fraction of sp³-hybridized carbons (Fsp3) is 0.174. The van der Waals surface area contributed by atoms with Crippen LogP contribution in [-0.2, 0) is 51.9 Å². The minimum Gasteiger partial charge on any atom is -0.478 e. The van der Waals surface area contributed by atoms with E-state index in [4.69, 9.17) is 10.2 Å². The van der Waals surface area contributed by atoms with E-state index in [1.807, 2.05) is 31.2 Å². The summed E-state index contributed by atoms with van der Waals surface area (Å²) < 4.78 is 94.7. The fourth-order valence-electron chi connectivity index (χ4n) is 6.33. The second-order valence-electron chi connectivity index (χ2n) is 14.1. The molecule has 0 saturated heterocycles. The second-order valence-corrected chi connectivity index (χ2v) is 17.4. The van der Waals surface area contributed by atoms with Crippen LogP contribution >= 0.6 is 0 Å². The Morgan fingerprint density at radius 1 is 0.525 bits per heavy atom. The number of aromatic carboxylic acids is 2. The van der Waals surface area contributed by atoms with Crippen molar-refractivity contribution in [3.8, 4) is 0 Å². The number of anilines is 2. The van der Waals surface area contributed by atoms with Gasteiger partial charge in [0.25, 0.3) is 20.0 Å². The Kier molecular flexibility index (Phi) is 15.1. The molecule has 0 atom stereocenters. The van der Waals surface area contributed by atoms with E-state index in [9.17, 15) is 39.6 Å². The molecule has 0 fully saturated rings. The Morgan fingerprint density at radius 2 is 0.967 bits per heavy atom. The third-order valence-electron chi connectivity index (χ3n) is 9.50. The van der Waals surface area contributed by atoms with Crippen molar-refractivity contribution >= 4 is 43.4 Å². The van der Waals surface area contributed by atoms with Crippen LogP contribution in [0.3, 0.4) is 0 Å². The van der Waals surface area contributed by atoms with E-state index in [1.54, 1.807) is 91.0 Å². The average molecular weight is 873 g/mol. The predicted molar refractivity (Wildman–Crippen MR) is 228 cm³/mol. The van der Waals surface area contributed by atoms with E-state index in [1.165, 1.54) is 6.07 Å². The van der Waals surface area contributed by atoms with Crippen molar-refractivity contribution in [2.45, 2.75) is 61.4 Å². The lowest BCUT2D eigenvalue weighted by Crippen LogP contribution is -2.15. The largest absolute Gasteiger partial charge is 0.478 e. The second kappa shape index (κ2) is 20.2. The van der Waals surface area contributed by atoms with Gasteiger partial charge < -0.3 is 10.2 Å². The van der Waals surface area contributed by atoms with Gasteiger partial charge in [0.05, 0.1) is 37.9 Å². The zero-order valence-electron chi connectivity index (χ0n) is 32.9. The number of para-hydroxylation sites is 2. The van der Waals surface area contributed by atoms with Gasteiger partial charge in [-0.25, -0.2) is 26.4 Å². The number of hydrogen-bond acceptors (Lipinski definition) is 6. The highest BCUT2D eigenvalue weighted by molar-refractivity contribution is 7.93. The van der Waals surface area contributed by atoms with Crippen molar-refractivity contribution in [2.75, 3.05) is 9.44 Å². The normalized spacial score (nSPS) is 11.5. The number of carboxylic acids is 2. The first kappa shape index (κ1) is 45.6. The van der Waals surface area contributed by atoms with Gasteiger partial charge in [0.15, 0.2) is 0 Å². The molecular formula is C46H43F3N2O8S2. The maximum Gasteiger partial charge on any atom is 0.416 e. The number of hydrogen-bond donors (Lipinski definition) is 4. The molecule has 6 aromatic rings. The third kappa shape index (κ3) is 13.3. The quantitative estimate of drug-likeness (QED) is 0.0746. The van der Waals surface area contributed by atoms with Crippen LogP contribution in [0.15, 0.2) is 155 Å². The summed E-state index contributed by atoms with van der Waals surface area (Å²) in [4.78, 5) is 21.9. The van der Waals surface area contributed by atoms with Crippen LogP contribution in [0.2, 0.25) is 0 Å². The van der Waals surface area contributed by atoms with Gasteiger partial charge in [-0.05, 0) is 134 Å². The van der Waals surface area contributed by atoms with Crippen molar-refractivity contribution < 1.29 is 49.8 Å². The average Bonchev–Trinajstić information content (AvgIpc) is 3.22. The topological polar surface area (TPSA) is 167 Å². The molecular weight excluding hydrogens is 830 g/mol. The summed E-state index contributed by atoms with van der Waals surface area (Å²) in [6, 6.07) is 37.7. The molecule has 0 aliphatic carbocycles. The van der Waals surface area contributed by atoms with Crippen molar-refractivity contribution in [1.29, 1.82) is 0 Å². The van der Waals surface area contributed by atoms with E-state index in [-0.39, 0.29) is 21.7 Å². The maximum absolute atomic E-state index is 12.9. The summed E-state index contributed by atoms with van der Waals surface area (Å²) in [7, 11) is -7.89. The fourth-order valence-corrected chi connectivity index (χ4v) is 8.57. The monoisotopic (exact) mass is 872 g/mol. The highest BCUT2D eigenvalue weighted by atomic mass is 32.2. The highest BCUT2D eigenvalue weighted by Gasteiger charge is 2.32. The molecule has 318 valence electrons. The first-order valence-electron chi connectivity index (χ1n) is 19.0. The molecule has 0 heterocycles. The van der Waals surface area contributed by atoms with Gasteiger partial charge in [-0.1, -0.05) is 84.4 Å². The van der Waals surface area contributed by atoms with Gasteiger partial charge in [0, 0.05) is 0 Å². The summed E-state index contributed by atoms with van der Waals surface area (Å²) in [5, 5.41) is 18.2.